The molecule has 0 aliphatic heterocycles. The smallest absolute Gasteiger partial charge is 0 e. The molecule has 2 nitrogen and oxygen atoms in total. The maximum Gasteiger partial charge on any atom is 0 e. The summed E-state index contributed by atoms with van der Waals surface area (Å²) in [5.41, 5.74) is 0. The zero-order chi connectivity index (χ0) is 8.24. The van der Waals surface area contributed by atoms with Gasteiger partial charge < -0.3 is 24.8 Å². The minimum Gasteiger partial charge on any atom is -0.412 e. The quantitative estimate of drug-likeness (QED) is 0.548. The number of unbranched alkanes of at least 4 members (excludes halogenated alkanes) is 4. The van der Waals surface area contributed by atoms with E-state index < -0.39 is 0 Å². The average molecular weight is 357 g/mol. The van der Waals surface area contributed by atoms with E-state index in [1.54, 1.807) is 0 Å². The Morgan fingerprint density at radius 2 is 1.00 bits per heavy atom. The molecule has 0 unspecified atom stereocenters. The van der Waals surface area contributed by atoms with Crippen molar-refractivity contribution >= 4 is 0 Å². The minimum absolute atomic E-state index is 0. The fraction of sp³-hybridized carbons (Fsp3) is 0.800. The largest absolute Gasteiger partial charge is 0.412 e. The summed E-state index contributed by atoms with van der Waals surface area (Å²) in [6.07, 6.45) is 7.31. The second-order valence-corrected chi connectivity index (χ2v) is 2.41. The van der Waals surface area contributed by atoms with Gasteiger partial charge in [-0.15, -0.1) is 0 Å². The van der Waals surface area contributed by atoms with E-state index in [2.05, 4.69) is 27.7 Å². The van der Waals surface area contributed by atoms with Gasteiger partial charge in [0.15, 0.2) is 0 Å². The van der Waals surface area contributed by atoms with Crippen LogP contribution in [0, 0.1) is 13.8 Å². The van der Waals surface area contributed by atoms with E-state index in [1.165, 1.54) is 25.7 Å². The van der Waals surface area contributed by atoms with Crippen molar-refractivity contribution in [3.05, 3.63) is 13.8 Å². The number of rotatable bonds is 4. The van der Waals surface area contributed by atoms with E-state index in [9.17, 15) is 0 Å². The van der Waals surface area contributed by atoms with Crippen LogP contribution in [-0.4, -0.2) is 11.0 Å². The monoisotopic (exact) mass is 358 g/mol. The summed E-state index contributed by atoms with van der Waals surface area (Å²) in [6.45, 7) is 11.7. The van der Waals surface area contributed by atoms with Crippen molar-refractivity contribution in [3.8, 4) is 0 Å². The van der Waals surface area contributed by atoms with Gasteiger partial charge in [0.05, 0.1) is 0 Å². The third-order valence-electron chi connectivity index (χ3n) is 1.21. The van der Waals surface area contributed by atoms with Crippen molar-refractivity contribution in [2.24, 2.45) is 0 Å². The van der Waals surface area contributed by atoms with E-state index in [0.29, 0.717) is 0 Å². The molecule has 0 aliphatic rings. The Labute approximate surface area is 103 Å². The van der Waals surface area contributed by atoms with Crippen molar-refractivity contribution < 1.29 is 36.8 Å². The van der Waals surface area contributed by atoms with Crippen LogP contribution in [0.25, 0.3) is 0 Å². The Morgan fingerprint density at radius 1 is 0.769 bits per heavy atom. The van der Waals surface area contributed by atoms with Gasteiger partial charge in [-0.05, 0) is 0 Å². The van der Waals surface area contributed by atoms with Gasteiger partial charge >= 0.3 is 0 Å². The minimum atomic E-state index is 0. The molecule has 0 saturated heterocycles. The van der Waals surface area contributed by atoms with Crippen LogP contribution >= 0.6 is 0 Å². The third kappa shape index (κ3) is 64.9. The Kier molecular flexibility index (Phi) is 86.6. The van der Waals surface area contributed by atoms with Crippen LogP contribution in [0.1, 0.15) is 52.4 Å². The van der Waals surface area contributed by atoms with Crippen LogP contribution in [-0.2, 0) is 25.8 Å². The van der Waals surface area contributed by atoms with Crippen molar-refractivity contribution in [1.82, 2.24) is 0 Å². The summed E-state index contributed by atoms with van der Waals surface area (Å²) >= 11 is 0. The summed E-state index contributed by atoms with van der Waals surface area (Å²) in [5, 5.41) is 0. The molecule has 0 heterocycles. The number of hydrogen-bond donors (Lipinski definition) is 0. The molecule has 84 valence electrons. The molecule has 0 bridgehead atoms. The van der Waals surface area contributed by atoms with E-state index in [0.717, 1.165) is 12.8 Å². The van der Waals surface area contributed by atoms with Crippen LogP contribution in [0.2, 0.25) is 0 Å². The van der Waals surface area contributed by atoms with E-state index in [-0.39, 0.29) is 36.8 Å². The predicted octanol–water partition coefficient (Wildman–Crippen LogP) is 2.37. The van der Waals surface area contributed by atoms with Gasteiger partial charge in [0, 0.05) is 25.8 Å². The molecule has 4 N–H and O–H groups in total. The van der Waals surface area contributed by atoms with E-state index in [4.69, 9.17) is 0 Å². The van der Waals surface area contributed by atoms with E-state index >= 15 is 0 Å². The molecule has 0 aromatic rings. The van der Waals surface area contributed by atoms with Gasteiger partial charge in [-0.3, -0.25) is 0 Å². The average Bonchev–Trinajstić information content (AvgIpc) is 1.93. The molecule has 0 aromatic carbocycles. The normalized spacial score (nSPS) is 6.46. The van der Waals surface area contributed by atoms with Crippen molar-refractivity contribution in [2.45, 2.75) is 52.4 Å². The van der Waals surface area contributed by atoms with Gasteiger partial charge in [-0.25, -0.2) is 0 Å². The van der Waals surface area contributed by atoms with Crippen LogP contribution < -0.4 is 0 Å². The zero-order valence-corrected chi connectivity index (χ0v) is 12.7. The van der Waals surface area contributed by atoms with Crippen LogP contribution in [0.4, 0.5) is 0 Å². The second-order valence-electron chi connectivity index (χ2n) is 2.41. The van der Waals surface area contributed by atoms with Gasteiger partial charge in [0.25, 0.3) is 0 Å². The van der Waals surface area contributed by atoms with Crippen LogP contribution in [0.15, 0.2) is 0 Å². The third-order valence-corrected chi connectivity index (χ3v) is 1.21. The molecule has 0 aliphatic carbocycles. The Hall–Kier alpha value is 0.790. The molecule has 0 spiro atoms. The van der Waals surface area contributed by atoms with Crippen molar-refractivity contribution in [2.75, 3.05) is 0 Å². The van der Waals surface area contributed by atoms with Crippen LogP contribution in [0.5, 0.6) is 0 Å². The molecule has 0 fully saturated rings. The summed E-state index contributed by atoms with van der Waals surface area (Å²) in [4.78, 5) is 0. The summed E-state index contributed by atoms with van der Waals surface area (Å²) in [7, 11) is 0. The van der Waals surface area contributed by atoms with Gasteiger partial charge in [-0.1, -0.05) is 39.5 Å². The molecule has 13 heavy (non-hydrogen) atoms. The SMILES string of the molecule is O.O.[CH2-]CCCC.[CH2-]CCCC.[Hf]. The second kappa shape index (κ2) is 38.6. The predicted molar refractivity (Wildman–Crippen MR) is 57.0 cm³/mol. The Morgan fingerprint density at radius 3 is 1.00 bits per heavy atom. The molecule has 0 rings (SSSR count). The Balaban J connectivity index is -0.0000000267. The summed E-state index contributed by atoms with van der Waals surface area (Å²) in [6, 6.07) is 0. The topological polar surface area (TPSA) is 63.0 Å². The van der Waals surface area contributed by atoms with Gasteiger partial charge in [0.2, 0.25) is 0 Å². The maximum atomic E-state index is 3.68. The first-order valence-electron chi connectivity index (χ1n) is 4.41. The van der Waals surface area contributed by atoms with Gasteiger partial charge in [0.1, 0.15) is 0 Å². The fourth-order valence-electron chi connectivity index (χ4n) is 0.500. The molecule has 0 saturated carbocycles. The van der Waals surface area contributed by atoms with Crippen LogP contribution in [0.3, 0.4) is 0 Å². The summed E-state index contributed by atoms with van der Waals surface area (Å²) in [5.74, 6) is 0. The first kappa shape index (κ1) is 29.2. The molecule has 3 heteroatoms. The molecule has 0 atom stereocenters. The van der Waals surface area contributed by atoms with Crippen molar-refractivity contribution in [1.29, 1.82) is 0 Å². The summed E-state index contributed by atoms with van der Waals surface area (Å²) < 4.78 is 0. The molecule has 0 amide bonds. The van der Waals surface area contributed by atoms with Gasteiger partial charge in [-0.2, -0.15) is 12.8 Å². The standard InChI is InChI=1S/2C5H11.Hf.2H2O/c2*1-3-5-4-2;;;/h2*1,3-5H2,2H3;;2*1H2/q2*-1;;;. The van der Waals surface area contributed by atoms with E-state index in [1.807, 2.05) is 0 Å². The molecular weight excluding hydrogens is 331 g/mol. The Bertz CT molecular complexity index is 33.9. The van der Waals surface area contributed by atoms with Crippen molar-refractivity contribution in [3.63, 3.8) is 0 Å². The molecule has 0 radical (unpaired) electrons. The zero-order valence-electron chi connectivity index (χ0n) is 9.16. The number of hydrogen-bond acceptors (Lipinski definition) is 0. The first-order valence-corrected chi connectivity index (χ1v) is 4.41. The maximum absolute atomic E-state index is 3.68. The fourth-order valence-corrected chi connectivity index (χ4v) is 0.500. The molecular formula is C10H26HfO2-2. The molecule has 0 aromatic heterocycles. The first-order chi connectivity index (χ1) is 4.83.